The standard InChI is InChI=1S/C14H22N2O3/c1-14(2,9-19-3)16-13(18)12(15)8-10-4-6-11(17)7-5-10/h4-7,12,17H,8-9,15H2,1-3H3,(H,16,18). The lowest BCUT2D eigenvalue weighted by atomic mass is 10.0. The second-order valence-corrected chi connectivity index (χ2v) is 5.28. The zero-order valence-corrected chi connectivity index (χ0v) is 11.6. The lowest BCUT2D eigenvalue weighted by Crippen LogP contribution is -2.53. The third kappa shape index (κ3) is 5.28. The highest BCUT2D eigenvalue weighted by Crippen LogP contribution is 2.11. The van der Waals surface area contributed by atoms with Gasteiger partial charge in [-0.1, -0.05) is 12.1 Å². The van der Waals surface area contributed by atoms with E-state index in [1.54, 1.807) is 31.4 Å². The SMILES string of the molecule is COCC(C)(C)NC(=O)C(N)Cc1ccc(O)cc1. The third-order valence-electron chi connectivity index (χ3n) is 2.70. The van der Waals surface area contributed by atoms with Gasteiger partial charge in [-0.2, -0.15) is 0 Å². The Hall–Kier alpha value is -1.59. The fraction of sp³-hybridized carbons (Fsp3) is 0.500. The van der Waals surface area contributed by atoms with E-state index in [2.05, 4.69) is 5.32 Å². The van der Waals surface area contributed by atoms with Crippen LogP contribution in [0.2, 0.25) is 0 Å². The molecule has 106 valence electrons. The van der Waals surface area contributed by atoms with Crippen molar-refractivity contribution >= 4 is 5.91 Å². The molecule has 1 rings (SSSR count). The van der Waals surface area contributed by atoms with Gasteiger partial charge in [-0.3, -0.25) is 4.79 Å². The summed E-state index contributed by atoms with van der Waals surface area (Å²) in [7, 11) is 1.59. The van der Waals surface area contributed by atoms with Gasteiger partial charge in [-0.05, 0) is 38.0 Å². The average molecular weight is 266 g/mol. The molecule has 1 unspecified atom stereocenters. The number of amides is 1. The molecule has 1 aromatic rings. The summed E-state index contributed by atoms with van der Waals surface area (Å²) < 4.78 is 5.04. The molecule has 0 spiro atoms. The highest BCUT2D eigenvalue weighted by molar-refractivity contribution is 5.82. The van der Waals surface area contributed by atoms with E-state index >= 15 is 0 Å². The Morgan fingerprint density at radius 1 is 1.42 bits per heavy atom. The normalized spacial score (nSPS) is 13.1. The van der Waals surface area contributed by atoms with Crippen LogP contribution in [0.5, 0.6) is 5.75 Å². The predicted octanol–water partition coefficient (Wildman–Crippen LogP) is 0.803. The molecule has 0 saturated carbocycles. The van der Waals surface area contributed by atoms with Gasteiger partial charge in [0, 0.05) is 7.11 Å². The molecule has 1 aromatic carbocycles. The molecule has 5 nitrogen and oxygen atoms in total. The van der Waals surface area contributed by atoms with Crippen LogP contribution < -0.4 is 11.1 Å². The molecule has 0 saturated heterocycles. The number of rotatable bonds is 6. The number of nitrogens with one attached hydrogen (secondary N) is 1. The Bertz CT molecular complexity index is 415. The van der Waals surface area contributed by atoms with E-state index in [1.165, 1.54) is 0 Å². The van der Waals surface area contributed by atoms with E-state index in [9.17, 15) is 9.90 Å². The maximum atomic E-state index is 12.0. The fourth-order valence-corrected chi connectivity index (χ4v) is 1.80. The van der Waals surface area contributed by atoms with E-state index < -0.39 is 11.6 Å². The number of hydrogen-bond acceptors (Lipinski definition) is 4. The topological polar surface area (TPSA) is 84.6 Å². The van der Waals surface area contributed by atoms with Crippen LogP contribution in [0, 0.1) is 0 Å². The van der Waals surface area contributed by atoms with Crippen LogP contribution in [-0.4, -0.2) is 36.3 Å². The zero-order valence-electron chi connectivity index (χ0n) is 11.6. The smallest absolute Gasteiger partial charge is 0.237 e. The largest absolute Gasteiger partial charge is 0.508 e. The minimum atomic E-state index is -0.624. The number of carbonyl (C=O) groups excluding carboxylic acids is 1. The number of phenolic OH excluding ortho intramolecular Hbond substituents is 1. The molecule has 0 aliphatic heterocycles. The molecule has 1 amide bonds. The number of ether oxygens (including phenoxy) is 1. The molecular formula is C14H22N2O3. The maximum Gasteiger partial charge on any atom is 0.237 e. The highest BCUT2D eigenvalue weighted by atomic mass is 16.5. The Labute approximate surface area is 113 Å². The number of aromatic hydroxyl groups is 1. The van der Waals surface area contributed by atoms with Crippen molar-refractivity contribution in [1.82, 2.24) is 5.32 Å². The van der Waals surface area contributed by atoms with Crippen molar-refractivity contribution in [2.24, 2.45) is 5.73 Å². The summed E-state index contributed by atoms with van der Waals surface area (Å²) in [5, 5.41) is 12.0. The summed E-state index contributed by atoms with van der Waals surface area (Å²) in [6.07, 6.45) is 0.426. The van der Waals surface area contributed by atoms with Gasteiger partial charge < -0.3 is 20.9 Å². The fourth-order valence-electron chi connectivity index (χ4n) is 1.80. The summed E-state index contributed by atoms with van der Waals surface area (Å²) in [4.78, 5) is 12.0. The lowest BCUT2D eigenvalue weighted by molar-refractivity contribution is -0.124. The molecule has 0 heterocycles. The van der Waals surface area contributed by atoms with E-state index in [1.807, 2.05) is 13.8 Å². The molecule has 0 radical (unpaired) electrons. The minimum Gasteiger partial charge on any atom is -0.508 e. The average Bonchev–Trinajstić information content (AvgIpc) is 2.31. The first-order valence-electron chi connectivity index (χ1n) is 6.18. The van der Waals surface area contributed by atoms with Crippen molar-refractivity contribution in [3.8, 4) is 5.75 Å². The number of hydrogen-bond donors (Lipinski definition) is 3. The maximum absolute atomic E-state index is 12.0. The number of nitrogens with two attached hydrogens (primary N) is 1. The summed E-state index contributed by atoms with van der Waals surface area (Å²) in [5.41, 5.74) is 6.34. The van der Waals surface area contributed by atoms with Crippen LogP contribution in [0.1, 0.15) is 19.4 Å². The van der Waals surface area contributed by atoms with Crippen LogP contribution in [0.3, 0.4) is 0 Å². The first-order chi connectivity index (χ1) is 8.84. The molecule has 1 atom stereocenters. The summed E-state index contributed by atoms with van der Waals surface area (Å²) in [6.45, 7) is 4.17. The second-order valence-electron chi connectivity index (χ2n) is 5.28. The minimum absolute atomic E-state index is 0.197. The Kier molecular flexibility index (Phi) is 5.32. The van der Waals surface area contributed by atoms with Crippen molar-refractivity contribution in [2.45, 2.75) is 31.8 Å². The molecule has 19 heavy (non-hydrogen) atoms. The van der Waals surface area contributed by atoms with Gasteiger partial charge in [0.25, 0.3) is 0 Å². The monoisotopic (exact) mass is 266 g/mol. The van der Waals surface area contributed by atoms with E-state index in [0.29, 0.717) is 13.0 Å². The molecule has 0 fully saturated rings. The Morgan fingerprint density at radius 2 is 2.00 bits per heavy atom. The lowest BCUT2D eigenvalue weighted by Gasteiger charge is -2.27. The second kappa shape index (κ2) is 6.54. The zero-order chi connectivity index (χ0) is 14.5. The van der Waals surface area contributed by atoms with Gasteiger partial charge in [-0.15, -0.1) is 0 Å². The van der Waals surface area contributed by atoms with Gasteiger partial charge in [0.15, 0.2) is 0 Å². The molecule has 5 heteroatoms. The van der Waals surface area contributed by atoms with Crippen LogP contribution in [0.15, 0.2) is 24.3 Å². The van der Waals surface area contributed by atoms with Crippen molar-refractivity contribution in [1.29, 1.82) is 0 Å². The van der Waals surface area contributed by atoms with Crippen molar-refractivity contribution in [2.75, 3.05) is 13.7 Å². The molecule has 0 aromatic heterocycles. The summed E-state index contributed by atoms with van der Waals surface area (Å²) in [5.74, 6) is -0.0156. The van der Waals surface area contributed by atoms with Gasteiger partial charge >= 0.3 is 0 Å². The van der Waals surface area contributed by atoms with Gasteiger partial charge in [0.05, 0.1) is 18.2 Å². The van der Waals surface area contributed by atoms with Crippen LogP contribution in [-0.2, 0) is 16.0 Å². The number of carbonyl (C=O) groups is 1. The van der Waals surface area contributed by atoms with Crippen LogP contribution in [0.4, 0.5) is 0 Å². The highest BCUT2D eigenvalue weighted by Gasteiger charge is 2.23. The molecule has 4 N–H and O–H groups in total. The number of benzene rings is 1. The van der Waals surface area contributed by atoms with E-state index in [4.69, 9.17) is 10.5 Å². The van der Waals surface area contributed by atoms with Crippen molar-refractivity contribution < 1.29 is 14.6 Å². The van der Waals surface area contributed by atoms with E-state index in [0.717, 1.165) is 5.56 Å². The van der Waals surface area contributed by atoms with Crippen molar-refractivity contribution in [3.05, 3.63) is 29.8 Å². The first-order valence-corrected chi connectivity index (χ1v) is 6.18. The predicted molar refractivity (Wildman–Crippen MR) is 73.9 cm³/mol. The van der Waals surface area contributed by atoms with Gasteiger partial charge in [0.1, 0.15) is 5.75 Å². The van der Waals surface area contributed by atoms with Gasteiger partial charge in [-0.25, -0.2) is 0 Å². The number of methoxy groups -OCH3 is 1. The Balaban J connectivity index is 2.55. The van der Waals surface area contributed by atoms with Gasteiger partial charge in [0.2, 0.25) is 5.91 Å². The summed E-state index contributed by atoms with van der Waals surface area (Å²) in [6, 6.07) is 6.04. The van der Waals surface area contributed by atoms with Crippen molar-refractivity contribution in [3.63, 3.8) is 0 Å². The third-order valence-corrected chi connectivity index (χ3v) is 2.70. The van der Waals surface area contributed by atoms with E-state index in [-0.39, 0.29) is 11.7 Å². The molecular weight excluding hydrogens is 244 g/mol. The first kappa shape index (κ1) is 15.5. The van der Waals surface area contributed by atoms with Crippen LogP contribution >= 0.6 is 0 Å². The number of phenols is 1. The Morgan fingerprint density at radius 3 is 2.53 bits per heavy atom. The van der Waals surface area contributed by atoms with Crippen LogP contribution in [0.25, 0.3) is 0 Å². The molecule has 0 aliphatic rings. The quantitative estimate of drug-likeness (QED) is 0.711. The molecule has 0 bridgehead atoms. The molecule has 0 aliphatic carbocycles. The summed E-state index contributed by atoms with van der Waals surface area (Å²) >= 11 is 0.